The number of hydrogen-bond acceptors (Lipinski definition) is 9. The van der Waals surface area contributed by atoms with Gasteiger partial charge in [-0.05, 0) is 19.1 Å². The molecule has 12 nitrogen and oxygen atoms in total. The van der Waals surface area contributed by atoms with Gasteiger partial charge in [0.15, 0.2) is 5.03 Å². The fourth-order valence-electron chi connectivity index (χ4n) is 2.00. The van der Waals surface area contributed by atoms with Crippen LogP contribution in [0, 0.1) is 0 Å². The van der Waals surface area contributed by atoms with Gasteiger partial charge < -0.3 is 14.8 Å². The molecule has 0 spiro atoms. The summed E-state index contributed by atoms with van der Waals surface area (Å²) in [4.78, 5) is 35.6. The van der Waals surface area contributed by atoms with Crippen molar-refractivity contribution in [3.63, 3.8) is 0 Å². The van der Waals surface area contributed by atoms with Crippen LogP contribution in [0.5, 0.6) is 11.8 Å². The van der Waals surface area contributed by atoms with Crippen LogP contribution in [0.1, 0.15) is 17.3 Å². The molecule has 28 heavy (non-hydrogen) atoms. The van der Waals surface area contributed by atoms with Gasteiger partial charge in [-0.25, -0.2) is 14.5 Å². The lowest BCUT2D eigenvalue weighted by Crippen LogP contribution is -2.37. The molecule has 0 unspecified atom stereocenters. The second-order valence-corrected chi connectivity index (χ2v) is 6.65. The van der Waals surface area contributed by atoms with Crippen LogP contribution in [0.25, 0.3) is 0 Å². The summed E-state index contributed by atoms with van der Waals surface area (Å²) in [5.74, 6) is -0.715. The Balaban J connectivity index is 2.24. The molecule has 2 heterocycles. The highest BCUT2D eigenvalue weighted by atomic mass is 32.2. The summed E-state index contributed by atoms with van der Waals surface area (Å²) in [7, 11) is -1.76. The lowest BCUT2D eigenvalue weighted by molar-refractivity contribution is 0.0951. The molecule has 13 heteroatoms. The maximum Gasteiger partial charge on any atom is 0.335 e. The van der Waals surface area contributed by atoms with E-state index in [1.807, 2.05) is 0 Å². The van der Waals surface area contributed by atoms with Crippen molar-refractivity contribution in [1.82, 2.24) is 25.0 Å². The van der Waals surface area contributed by atoms with Gasteiger partial charge in [-0.3, -0.25) is 10.1 Å². The van der Waals surface area contributed by atoms with Crippen LogP contribution in [-0.2, 0) is 10.0 Å². The van der Waals surface area contributed by atoms with E-state index in [1.54, 1.807) is 11.6 Å². The van der Waals surface area contributed by atoms with Gasteiger partial charge in [-0.15, -0.1) is 0 Å². The first kappa shape index (κ1) is 20.8. The van der Waals surface area contributed by atoms with E-state index in [2.05, 4.69) is 25.6 Å². The number of methoxy groups -OCH3 is 2. The van der Waals surface area contributed by atoms with Crippen LogP contribution in [0.2, 0.25) is 0 Å². The van der Waals surface area contributed by atoms with Crippen LogP contribution in [0.15, 0.2) is 29.4 Å². The normalized spacial score (nSPS) is 10.7. The van der Waals surface area contributed by atoms with Gasteiger partial charge in [-0.1, -0.05) is 0 Å². The van der Waals surface area contributed by atoms with Crippen molar-refractivity contribution in [3.05, 3.63) is 30.0 Å². The second-order valence-electron chi connectivity index (χ2n) is 5.05. The standard InChI is InChI=1S/C15H18N6O6S/c1-4-16-12(22)9-6-5-7-17-13(9)28(24,25)21-15(23)20-14-18-10(26-2)8-11(19-14)27-3/h5-8H,4H2,1-3H3,(H,16,22)(H2,18,19,20,21,23). The van der Waals surface area contributed by atoms with E-state index in [-0.39, 0.29) is 29.8 Å². The molecule has 150 valence electrons. The molecule has 0 saturated heterocycles. The Morgan fingerprint density at radius 3 is 2.36 bits per heavy atom. The molecule has 0 aliphatic rings. The second kappa shape index (κ2) is 8.94. The smallest absolute Gasteiger partial charge is 0.335 e. The van der Waals surface area contributed by atoms with E-state index >= 15 is 0 Å². The Labute approximate surface area is 160 Å². The van der Waals surface area contributed by atoms with Crippen LogP contribution in [-0.4, -0.2) is 56.1 Å². The quantitative estimate of drug-likeness (QED) is 0.577. The maximum absolute atomic E-state index is 12.5. The van der Waals surface area contributed by atoms with Gasteiger partial charge in [0.2, 0.25) is 17.7 Å². The van der Waals surface area contributed by atoms with Gasteiger partial charge in [0, 0.05) is 12.7 Å². The first-order valence-corrected chi connectivity index (χ1v) is 9.33. The van der Waals surface area contributed by atoms with Crippen molar-refractivity contribution >= 4 is 27.9 Å². The molecule has 3 N–H and O–H groups in total. The molecule has 0 aliphatic heterocycles. The highest BCUT2D eigenvalue weighted by Crippen LogP contribution is 2.17. The topological polar surface area (TPSA) is 161 Å². The number of nitrogens with one attached hydrogen (secondary N) is 3. The summed E-state index contributed by atoms with van der Waals surface area (Å²) in [6, 6.07) is 2.88. The zero-order valence-electron chi connectivity index (χ0n) is 15.2. The summed E-state index contributed by atoms with van der Waals surface area (Å²) in [5.41, 5.74) is -0.205. The minimum absolute atomic E-state index is 0.0910. The zero-order chi connectivity index (χ0) is 20.7. The Kier molecular flexibility index (Phi) is 6.65. The number of aromatic nitrogens is 3. The first-order chi connectivity index (χ1) is 13.3. The number of carbonyl (C=O) groups is 2. The average Bonchev–Trinajstić information content (AvgIpc) is 2.67. The third-order valence-corrected chi connectivity index (χ3v) is 4.45. The molecule has 2 rings (SSSR count). The Morgan fingerprint density at radius 2 is 1.79 bits per heavy atom. The minimum Gasteiger partial charge on any atom is -0.481 e. The zero-order valence-corrected chi connectivity index (χ0v) is 16.0. The van der Waals surface area contributed by atoms with E-state index in [9.17, 15) is 18.0 Å². The van der Waals surface area contributed by atoms with Crippen molar-refractivity contribution < 1.29 is 27.5 Å². The summed E-state index contributed by atoms with van der Waals surface area (Å²) < 4.78 is 36.6. The third kappa shape index (κ3) is 5.03. The monoisotopic (exact) mass is 410 g/mol. The van der Waals surface area contributed by atoms with E-state index in [0.717, 1.165) is 0 Å². The highest BCUT2D eigenvalue weighted by molar-refractivity contribution is 7.90. The summed E-state index contributed by atoms with van der Waals surface area (Å²) >= 11 is 0. The molecule has 0 saturated carbocycles. The SMILES string of the molecule is CCNC(=O)c1cccnc1S(=O)(=O)NC(=O)Nc1nc(OC)cc(OC)n1. The Morgan fingerprint density at radius 1 is 1.14 bits per heavy atom. The summed E-state index contributed by atoms with van der Waals surface area (Å²) in [5, 5.41) is 4.03. The van der Waals surface area contributed by atoms with Crippen molar-refractivity contribution in [2.75, 3.05) is 26.1 Å². The Bertz CT molecular complexity index is 958. The van der Waals surface area contributed by atoms with Gasteiger partial charge in [0.1, 0.15) is 0 Å². The van der Waals surface area contributed by atoms with Gasteiger partial charge in [0.05, 0.1) is 25.8 Å². The summed E-state index contributed by atoms with van der Waals surface area (Å²) in [6.45, 7) is 1.96. The van der Waals surface area contributed by atoms with Crippen LogP contribution >= 0.6 is 0 Å². The Hall–Kier alpha value is -3.48. The molecule has 2 aromatic heterocycles. The van der Waals surface area contributed by atoms with Gasteiger partial charge in [0.25, 0.3) is 15.9 Å². The van der Waals surface area contributed by atoms with Crippen molar-refractivity contribution in [2.45, 2.75) is 11.9 Å². The average molecular weight is 410 g/mol. The molecular formula is C15H18N6O6S. The predicted octanol–water partition coefficient (Wildman–Crippen LogP) is 0.149. The number of anilines is 1. The number of urea groups is 1. The molecule has 0 atom stereocenters. The van der Waals surface area contributed by atoms with Gasteiger partial charge in [-0.2, -0.15) is 18.4 Å². The molecule has 0 aliphatic carbocycles. The number of ether oxygens (including phenoxy) is 2. The molecule has 0 radical (unpaired) electrons. The maximum atomic E-state index is 12.5. The number of pyridine rings is 1. The number of rotatable bonds is 7. The van der Waals surface area contributed by atoms with Crippen molar-refractivity contribution in [3.8, 4) is 11.8 Å². The molecular weight excluding hydrogens is 392 g/mol. The highest BCUT2D eigenvalue weighted by Gasteiger charge is 2.26. The van der Waals surface area contributed by atoms with E-state index in [4.69, 9.17) is 9.47 Å². The summed E-state index contributed by atoms with van der Waals surface area (Å²) in [6.07, 6.45) is 1.19. The molecule has 3 amide bonds. The number of amides is 3. The van der Waals surface area contributed by atoms with Crippen molar-refractivity contribution in [2.24, 2.45) is 0 Å². The number of carbonyl (C=O) groups excluding carboxylic acids is 2. The van der Waals surface area contributed by atoms with E-state index in [1.165, 1.54) is 38.6 Å². The molecule has 0 fully saturated rings. The van der Waals surface area contributed by atoms with E-state index in [0.29, 0.717) is 0 Å². The van der Waals surface area contributed by atoms with Gasteiger partial charge >= 0.3 is 6.03 Å². The van der Waals surface area contributed by atoms with Crippen molar-refractivity contribution in [1.29, 1.82) is 0 Å². The number of nitrogens with zero attached hydrogens (tertiary/aromatic N) is 3. The van der Waals surface area contributed by atoms with Crippen LogP contribution < -0.4 is 24.8 Å². The molecule has 2 aromatic rings. The minimum atomic E-state index is -4.46. The third-order valence-electron chi connectivity index (χ3n) is 3.16. The fourth-order valence-corrected chi connectivity index (χ4v) is 3.04. The molecule has 0 aromatic carbocycles. The fraction of sp³-hybridized carbons (Fsp3) is 0.267. The largest absolute Gasteiger partial charge is 0.481 e. The first-order valence-electron chi connectivity index (χ1n) is 7.84. The number of hydrogen-bond donors (Lipinski definition) is 3. The lowest BCUT2D eigenvalue weighted by Gasteiger charge is -2.11. The lowest BCUT2D eigenvalue weighted by atomic mass is 10.3. The number of sulfonamides is 1. The predicted molar refractivity (Wildman–Crippen MR) is 96.7 cm³/mol. The molecule has 0 bridgehead atoms. The van der Waals surface area contributed by atoms with Crippen LogP contribution in [0.3, 0.4) is 0 Å². The van der Waals surface area contributed by atoms with E-state index < -0.39 is 27.0 Å². The van der Waals surface area contributed by atoms with Crippen LogP contribution in [0.4, 0.5) is 10.7 Å².